The van der Waals surface area contributed by atoms with Gasteiger partial charge in [-0.2, -0.15) is 0 Å². The fourth-order valence-electron chi connectivity index (χ4n) is 4.33. The van der Waals surface area contributed by atoms with Gasteiger partial charge in [-0.15, -0.1) is 0 Å². The van der Waals surface area contributed by atoms with Gasteiger partial charge in [0.1, 0.15) is 0 Å². The standard InChI is InChI=1S/C22H27N3O/c26-21(19-15-22(16-24-19)11-13-23-14-12-22)25-20(17-7-3-1-4-8-17)18-9-5-2-6-10-18/h1-10,19-20,23-24H,11-16H2,(H,25,26)/t19-/m1/s1. The van der Waals surface area contributed by atoms with Crippen molar-refractivity contribution in [3.8, 4) is 0 Å². The summed E-state index contributed by atoms with van der Waals surface area (Å²) < 4.78 is 0. The molecule has 0 aromatic heterocycles. The van der Waals surface area contributed by atoms with Crippen molar-refractivity contribution in [3.05, 3.63) is 71.8 Å². The van der Waals surface area contributed by atoms with Crippen molar-refractivity contribution in [2.75, 3.05) is 19.6 Å². The summed E-state index contributed by atoms with van der Waals surface area (Å²) in [5, 5.41) is 10.2. The zero-order valence-electron chi connectivity index (χ0n) is 15.1. The first-order valence-corrected chi connectivity index (χ1v) is 9.60. The van der Waals surface area contributed by atoms with Gasteiger partial charge in [-0.3, -0.25) is 4.79 Å². The van der Waals surface area contributed by atoms with Crippen molar-refractivity contribution in [1.29, 1.82) is 0 Å². The van der Waals surface area contributed by atoms with Crippen molar-refractivity contribution in [3.63, 3.8) is 0 Å². The molecular formula is C22H27N3O. The Bertz CT molecular complexity index is 686. The number of hydrogen-bond acceptors (Lipinski definition) is 3. The van der Waals surface area contributed by atoms with Gasteiger partial charge in [-0.25, -0.2) is 0 Å². The number of hydrogen-bond donors (Lipinski definition) is 3. The molecule has 2 aromatic rings. The molecule has 0 bridgehead atoms. The molecule has 1 spiro atoms. The Hall–Kier alpha value is -2.17. The summed E-state index contributed by atoms with van der Waals surface area (Å²) in [4.78, 5) is 13.0. The zero-order valence-corrected chi connectivity index (χ0v) is 15.1. The van der Waals surface area contributed by atoms with E-state index >= 15 is 0 Å². The number of rotatable bonds is 4. The first-order valence-electron chi connectivity index (χ1n) is 9.60. The van der Waals surface area contributed by atoms with Gasteiger partial charge >= 0.3 is 0 Å². The number of carbonyl (C=O) groups is 1. The van der Waals surface area contributed by atoms with Crippen LogP contribution in [0.4, 0.5) is 0 Å². The van der Waals surface area contributed by atoms with Crippen LogP contribution in [0.1, 0.15) is 36.4 Å². The van der Waals surface area contributed by atoms with Crippen LogP contribution in [-0.4, -0.2) is 31.6 Å². The van der Waals surface area contributed by atoms with Gasteiger partial charge in [0, 0.05) is 6.54 Å². The maximum Gasteiger partial charge on any atom is 0.237 e. The van der Waals surface area contributed by atoms with Crippen LogP contribution in [0, 0.1) is 5.41 Å². The van der Waals surface area contributed by atoms with Crippen molar-refractivity contribution in [2.45, 2.75) is 31.3 Å². The monoisotopic (exact) mass is 349 g/mol. The largest absolute Gasteiger partial charge is 0.344 e. The van der Waals surface area contributed by atoms with Crippen LogP contribution in [0.2, 0.25) is 0 Å². The molecule has 0 unspecified atom stereocenters. The lowest BCUT2D eigenvalue weighted by molar-refractivity contribution is -0.123. The highest BCUT2D eigenvalue weighted by atomic mass is 16.2. The molecule has 0 saturated carbocycles. The minimum Gasteiger partial charge on any atom is -0.344 e. The van der Waals surface area contributed by atoms with Crippen LogP contribution in [0.5, 0.6) is 0 Å². The van der Waals surface area contributed by atoms with Gasteiger partial charge in [-0.05, 0) is 48.9 Å². The first kappa shape index (κ1) is 17.3. The molecule has 2 fully saturated rings. The number of carbonyl (C=O) groups excluding carboxylic acids is 1. The third-order valence-electron chi connectivity index (χ3n) is 5.89. The predicted octanol–water partition coefficient (Wildman–Crippen LogP) is 2.62. The van der Waals surface area contributed by atoms with Crippen LogP contribution < -0.4 is 16.0 Å². The molecule has 4 rings (SSSR count). The van der Waals surface area contributed by atoms with Crippen molar-refractivity contribution < 1.29 is 4.79 Å². The number of nitrogens with one attached hydrogen (secondary N) is 3. The fraction of sp³-hybridized carbons (Fsp3) is 0.409. The normalized spacial score (nSPS) is 21.8. The third-order valence-corrected chi connectivity index (χ3v) is 5.89. The van der Waals surface area contributed by atoms with Crippen LogP contribution >= 0.6 is 0 Å². The Labute approximate surface area is 155 Å². The molecule has 2 aliphatic rings. The molecule has 2 aromatic carbocycles. The van der Waals surface area contributed by atoms with E-state index in [4.69, 9.17) is 0 Å². The minimum absolute atomic E-state index is 0.0944. The molecule has 136 valence electrons. The molecule has 3 N–H and O–H groups in total. The Balaban J connectivity index is 1.50. The molecule has 0 aliphatic carbocycles. The molecule has 1 atom stereocenters. The van der Waals surface area contributed by atoms with Crippen molar-refractivity contribution in [2.24, 2.45) is 5.41 Å². The number of benzene rings is 2. The van der Waals surface area contributed by atoms with Crippen molar-refractivity contribution >= 4 is 5.91 Å². The van der Waals surface area contributed by atoms with Crippen LogP contribution in [-0.2, 0) is 4.79 Å². The minimum atomic E-state index is -0.115. The second-order valence-corrected chi connectivity index (χ2v) is 7.65. The van der Waals surface area contributed by atoms with Gasteiger partial charge in [0.25, 0.3) is 0 Å². The lowest BCUT2D eigenvalue weighted by Crippen LogP contribution is -2.42. The second kappa shape index (κ2) is 7.60. The Morgan fingerprint density at radius 3 is 2.12 bits per heavy atom. The molecule has 2 aliphatic heterocycles. The van der Waals surface area contributed by atoms with E-state index in [1.54, 1.807) is 0 Å². The maximum absolute atomic E-state index is 13.0. The van der Waals surface area contributed by atoms with E-state index in [-0.39, 0.29) is 18.0 Å². The molecule has 0 radical (unpaired) electrons. The van der Waals surface area contributed by atoms with E-state index in [0.717, 1.165) is 50.0 Å². The van der Waals surface area contributed by atoms with Crippen LogP contribution in [0.15, 0.2) is 60.7 Å². The molecule has 1 amide bonds. The molecule has 4 nitrogen and oxygen atoms in total. The maximum atomic E-state index is 13.0. The number of piperidine rings is 1. The van der Waals surface area contributed by atoms with E-state index in [1.165, 1.54) is 0 Å². The Morgan fingerprint density at radius 1 is 0.962 bits per heavy atom. The average Bonchev–Trinajstić information content (AvgIpc) is 3.11. The van der Waals surface area contributed by atoms with Gasteiger partial charge in [0.05, 0.1) is 12.1 Å². The highest BCUT2D eigenvalue weighted by Gasteiger charge is 2.42. The van der Waals surface area contributed by atoms with Gasteiger partial charge < -0.3 is 16.0 Å². The zero-order chi connectivity index (χ0) is 17.8. The Morgan fingerprint density at radius 2 is 1.54 bits per heavy atom. The number of amides is 1. The second-order valence-electron chi connectivity index (χ2n) is 7.65. The summed E-state index contributed by atoms with van der Waals surface area (Å²) in [6.45, 7) is 3.08. The highest BCUT2D eigenvalue weighted by Crippen LogP contribution is 2.37. The summed E-state index contributed by atoms with van der Waals surface area (Å²) in [5.74, 6) is 0.109. The summed E-state index contributed by atoms with van der Waals surface area (Å²) in [5.41, 5.74) is 2.52. The third kappa shape index (κ3) is 3.67. The Kier molecular flexibility index (Phi) is 5.05. The van der Waals surface area contributed by atoms with Gasteiger partial charge in [0.15, 0.2) is 0 Å². The smallest absolute Gasteiger partial charge is 0.237 e. The lowest BCUT2D eigenvalue weighted by atomic mass is 9.77. The molecule has 2 saturated heterocycles. The first-order chi connectivity index (χ1) is 12.8. The summed E-state index contributed by atoms with van der Waals surface area (Å²) in [7, 11) is 0. The topological polar surface area (TPSA) is 53.2 Å². The van der Waals surface area contributed by atoms with E-state index < -0.39 is 0 Å². The highest BCUT2D eigenvalue weighted by molar-refractivity contribution is 5.83. The quantitative estimate of drug-likeness (QED) is 0.795. The average molecular weight is 349 g/mol. The fourth-order valence-corrected chi connectivity index (χ4v) is 4.33. The van der Waals surface area contributed by atoms with Crippen molar-refractivity contribution in [1.82, 2.24) is 16.0 Å². The summed E-state index contributed by atoms with van der Waals surface area (Å²) in [6, 6.07) is 20.2. The summed E-state index contributed by atoms with van der Waals surface area (Å²) in [6.07, 6.45) is 3.26. The van der Waals surface area contributed by atoms with E-state index in [1.807, 2.05) is 36.4 Å². The summed E-state index contributed by atoms with van der Waals surface area (Å²) >= 11 is 0. The molecule has 2 heterocycles. The van der Waals surface area contributed by atoms with E-state index in [2.05, 4.69) is 40.2 Å². The van der Waals surface area contributed by atoms with Crippen LogP contribution in [0.3, 0.4) is 0 Å². The molecule has 26 heavy (non-hydrogen) atoms. The molecule has 4 heteroatoms. The van der Waals surface area contributed by atoms with Gasteiger partial charge in [0.2, 0.25) is 5.91 Å². The SMILES string of the molecule is O=C(NC(c1ccccc1)c1ccccc1)[C@H]1CC2(CCNCC2)CN1. The van der Waals surface area contributed by atoms with Crippen LogP contribution in [0.25, 0.3) is 0 Å². The predicted molar refractivity (Wildman–Crippen MR) is 104 cm³/mol. The molecular weight excluding hydrogens is 322 g/mol. The van der Waals surface area contributed by atoms with Gasteiger partial charge in [-0.1, -0.05) is 60.7 Å². The van der Waals surface area contributed by atoms with E-state index in [9.17, 15) is 4.79 Å². The van der Waals surface area contributed by atoms with E-state index in [0.29, 0.717) is 5.41 Å². The lowest BCUT2D eigenvalue weighted by Gasteiger charge is -2.33.